The van der Waals surface area contributed by atoms with E-state index in [1.807, 2.05) is 109 Å². The van der Waals surface area contributed by atoms with Gasteiger partial charge >= 0.3 is 0 Å². The monoisotopic (exact) mass is 651 g/mol. The average Bonchev–Trinajstić information content (AvgIpc) is 3.65. The van der Waals surface area contributed by atoms with E-state index in [-0.39, 0.29) is 5.78 Å². The number of carbonyl (C=O) groups is 3. The molecule has 0 spiro atoms. The van der Waals surface area contributed by atoms with Crippen LogP contribution in [0.4, 0.5) is 5.69 Å². The number of methoxy groups -OCH3 is 2. The van der Waals surface area contributed by atoms with Crippen molar-refractivity contribution in [2.24, 2.45) is 11.8 Å². The summed E-state index contributed by atoms with van der Waals surface area (Å²) >= 11 is 6.23. The van der Waals surface area contributed by atoms with Crippen molar-refractivity contribution in [1.82, 2.24) is 0 Å². The Kier molecular flexibility index (Phi) is 6.90. The van der Waals surface area contributed by atoms with E-state index in [4.69, 9.17) is 21.1 Å². The lowest BCUT2D eigenvalue weighted by Gasteiger charge is -2.39. The fourth-order valence-corrected chi connectivity index (χ4v) is 8.61. The normalized spacial score (nSPS) is 24.3. The number of carbonyl (C=O) groups excluding carboxylic acids is 3. The van der Waals surface area contributed by atoms with E-state index in [0.717, 1.165) is 11.1 Å². The number of benzene rings is 5. The number of hydrogen-bond acceptors (Lipinski definition) is 5. The molecule has 0 N–H and O–H groups in total. The summed E-state index contributed by atoms with van der Waals surface area (Å²) in [5.41, 5.74) is 1.68. The molecule has 3 aliphatic rings. The van der Waals surface area contributed by atoms with E-state index in [0.29, 0.717) is 44.5 Å². The molecule has 5 aromatic rings. The van der Waals surface area contributed by atoms with Crippen LogP contribution < -0.4 is 14.4 Å². The highest BCUT2D eigenvalue weighted by atomic mass is 35.5. The fourth-order valence-electron chi connectivity index (χ4n) is 8.48. The first kappa shape index (κ1) is 29.9. The molecule has 1 aliphatic heterocycles. The van der Waals surface area contributed by atoms with Gasteiger partial charge in [0.2, 0.25) is 11.8 Å². The summed E-state index contributed by atoms with van der Waals surface area (Å²) in [5, 5.41) is 0.486. The fraction of sp³-hybridized carbons (Fsp3) is 0.146. The van der Waals surface area contributed by atoms with Gasteiger partial charge in [-0.25, -0.2) is 4.90 Å². The Morgan fingerprint density at radius 3 is 1.31 bits per heavy atom. The quantitative estimate of drug-likeness (QED) is 0.170. The summed E-state index contributed by atoms with van der Waals surface area (Å²) in [6.45, 7) is 0. The molecule has 4 atom stereocenters. The van der Waals surface area contributed by atoms with E-state index in [2.05, 4.69) is 0 Å². The number of imide groups is 1. The Morgan fingerprint density at radius 1 is 0.542 bits per heavy atom. The van der Waals surface area contributed by atoms with Gasteiger partial charge in [0.15, 0.2) is 5.78 Å². The number of anilines is 1. The molecule has 236 valence electrons. The van der Waals surface area contributed by atoms with Gasteiger partial charge < -0.3 is 9.47 Å². The predicted octanol–water partition coefficient (Wildman–Crippen LogP) is 7.55. The minimum atomic E-state index is -1.50. The Bertz CT molecular complexity index is 1980. The van der Waals surface area contributed by atoms with Crippen molar-refractivity contribution in [2.45, 2.75) is 10.8 Å². The van der Waals surface area contributed by atoms with E-state index >= 15 is 14.4 Å². The smallest absolute Gasteiger partial charge is 0.239 e. The first-order chi connectivity index (χ1) is 23.4. The second-order valence-corrected chi connectivity index (χ2v) is 12.8. The van der Waals surface area contributed by atoms with Crippen molar-refractivity contribution in [3.05, 3.63) is 161 Å². The zero-order valence-corrected chi connectivity index (χ0v) is 27.0. The number of ether oxygens (including phenoxy) is 2. The first-order valence-electron chi connectivity index (χ1n) is 15.7. The molecule has 0 unspecified atom stereocenters. The van der Waals surface area contributed by atoms with Gasteiger partial charge in [0.05, 0.1) is 42.6 Å². The molecule has 2 amide bonds. The van der Waals surface area contributed by atoms with Gasteiger partial charge in [-0.1, -0.05) is 96.5 Å². The summed E-state index contributed by atoms with van der Waals surface area (Å²) in [4.78, 5) is 47.3. The SMILES string of the molecule is COc1ccc(C2=C(c3ccc(OC)cc3)[C@@]3(c4ccccc4)C(=O)[C@@]2(c2ccccc2)[C@@H]2C(=O)N(c4ccc(Cl)cc4)C(=O)[C@@H]23)cc1. The number of Topliss-reactive ketones (excluding diaryl/α,β-unsaturated/α-hetero) is 1. The second kappa shape index (κ2) is 11.1. The molecule has 1 saturated heterocycles. The number of ketones is 1. The van der Waals surface area contributed by atoms with Crippen LogP contribution in [-0.4, -0.2) is 31.8 Å². The number of fused-ring (bicyclic) bond motifs is 5. The minimum Gasteiger partial charge on any atom is -0.497 e. The van der Waals surface area contributed by atoms with Crippen LogP contribution in [0.5, 0.6) is 11.5 Å². The Hall–Kier alpha value is -5.46. The first-order valence-corrected chi connectivity index (χ1v) is 16.1. The number of amides is 2. The molecule has 8 rings (SSSR count). The van der Waals surface area contributed by atoms with Gasteiger partial charge in [-0.3, -0.25) is 14.4 Å². The number of rotatable bonds is 7. The van der Waals surface area contributed by atoms with Gasteiger partial charge in [0.25, 0.3) is 0 Å². The Balaban J connectivity index is 1.54. The van der Waals surface area contributed by atoms with Crippen LogP contribution in [0, 0.1) is 11.8 Å². The topological polar surface area (TPSA) is 72.9 Å². The number of allylic oxidation sites excluding steroid dienone is 2. The molecular formula is C41H30ClNO5. The molecule has 1 heterocycles. The number of hydrogen-bond donors (Lipinski definition) is 0. The third-order valence-electron chi connectivity index (χ3n) is 10.3. The van der Waals surface area contributed by atoms with Crippen molar-refractivity contribution in [3.8, 4) is 11.5 Å². The van der Waals surface area contributed by atoms with Crippen molar-refractivity contribution < 1.29 is 23.9 Å². The van der Waals surface area contributed by atoms with Gasteiger partial charge in [-0.15, -0.1) is 0 Å². The van der Waals surface area contributed by atoms with Crippen LogP contribution >= 0.6 is 11.6 Å². The number of halogens is 1. The standard InChI is InChI=1S/C41H30ClNO5/c1-47-31-21-13-25(14-22-31)33-34(26-15-23-32(48-2)24-16-26)41(28-11-7-4-8-12-28)36-35(40(33,39(41)46)27-9-5-3-6-10-27)37(44)43(38(36)45)30-19-17-29(42)18-20-30/h3-24,35-36H,1-2H3/t35-,36+,40-,41-/m1/s1. The highest BCUT2D eigenvalue weighted by molar-refractivity contribution is 6.39. The molecule has 5 aromatic carbocycles. The van der Waals surface area contributed by atoms with E-state index in [9.17, 15) is 0 Å². The van der Waals surface area contributed by atoms with E-state index in [1.165, 1.54) is 4.90 Å². The van der Waals surface area contributed by atoms with Gasteiger partial charge in [0, 0.05) is 5.02 Å². The van der Waals surface area contributed by atoms with E-state index in [1.54, 1.807) is 38.5 Å². The maximum Gasteiger partial charge on any atom is 0.239 e. The molecule has 0 aromatic heterocycles. The number of nitrogens with zero attached hydrogens (tertiary/aromatic N) is 1. The van der Waals surface area contributed by atoms with Gasteiger partial charge in [0.1, 0.15) is 11.5 Å². The molecule has 2 bridgehead atoms. The minimum absolute atomic E-state index is 0.184. The highest BCUT2D eigenvalue weighted by Gasteiger charge is 2.82. The zero-order valence-electron chi connectivity index (χ0n) is 26.2. The Morgan fingerprint density at radius 2 is 0.938 bits per heavy atom. The summed E-state index contributed by atoms with van der Waals surface area (Å²) < 4.78 is 11.0. The predicted molar refractivity (Wildman–Crippen MR) is 185 cm³/mol. The lowest BCUT2D eigenvalue weighted by Crippen LogP contribution is -2.45. The van der Waals surface area contributed by atoms with Crippen LogP contribution in [0.1, 0.15) is 22.3 Å². The van der Waals surface area contributed by atoms with Crippen molar-refractivity contribution in [2.75, 3.05) is 19.1 Å². The molecule has 2 aliphatic carbocycles. The van der Waals surface area contributed by atoms with Crippen LogP contribution in [0.3, 0.4) is 0 Å². The summed E-state index contributed by atoms with van der Waals surface area (Å²) in [5.74, 6) is -1.74. The maximum atomic E-state index is 16.0. The molecule has 2 fully saturated rings. The largest absolute Gasteiger partial charge is 0.497 e. The molecule has 48 heavy (non-hydrogen) atoms. The maximum absolute atomic E-state index is 16.0. The summed E-state index contributed by atoms with van der Waals surface area (Å²) in [7, 11) is 3.21. The van der Waals surface area contributed by atoms with Crippen LogP contribution in [0.25, 0.3) is 11.1 Å². The lowest BCUT2D eigenvalue weighted by atomic mass is 9.59. The third-order valence-corrected chi connectivity index (χ3v) is 10.5. The second-order valence-electron chi connectivity index (χ2n) is 12.3. The van der Waals surface area contributed by atoms with Gasteiger partial charge in [-0.2, -0.15) is 0 Å². The van der Waals surface area contributed by atoms with Crippen molar-refractivity contribution >= 4 is 46.0 Å². The van der Waals surface area contributed by atoms with Crippen molar-refractivity contribution in [3.63, 3.8) is 0 Å². The Labute approximate surface area is 283 Å². The zero-order chi connectivity index (χ0) is 33.2. The molecule has 6 nitrogen and oxygen atoms in total. The molecule has 1 saturated carbocycles. The average molecular weight is 652 g/mol. The van der Waals surface area contributed by atoms with Crippen LogP contribution in [0.2, 0.25) is 5.02 Å². The molecule has 0 radical (unpaired) electrons. The summed E-state index contributed by atoms with van der Waals surface area (Å²) in [6, 6.07) is 40.7. The molecule has 7 heteroatoms. The van der Waals surface area contributed by atoms with Crippen molar-refractivity contribution in [1.29, 1.82) is 0 Å². The van der Waals surface area contributed by atoms with E-state index < -0.39 is 34.5 Å². The van der Waals surface area contributed by atoms with Crippen LogP contribution in [0.15, 0.2) is 133 Å². The van der Waals surface area contributed by atoms with Gasteiger partial charge in [-0.05, 0) is 81.9 Å². The highest BCUT2D eigenvalue weighted by Crippen LogP contribution is 2.74. The lowest BCUT2D eigenvalue weighted by molar-refractivity contribution is -0.130. The molecular weight excluding hydrogens is 622 g/mol. The summed E-state index contributed by atoms with van der Waals surface area (Å²) in [6.07, 6.45) is 0. The third kappa shape index (κ3) is 3.84. The van der Waals surface area contributed by atoms with Crippen LogP contribution in [-0.2, 0) is 25.2 Å².